The van der Waals surface area contributed by atoms with E-state index in [1.54, 1.807) is 12.1 Å². The van der Waals surface area contributed by atoms with Crippen LogP contribution in [-0.2, 0) is 14.6 Å². The van der Waals surface area contributed by atoms with Crippen LogP contribution in [0.2, 0.25) is 0 Å². The molecule has 8 heteroatoms. The summed E-state index contributed by atoms with van der Waals surface area (Å²) >= 11 is 0. The van der Waals surface area contributed by atoms with E-state index in [2.05, 4.69) is 15.5 Å². The van der Waals surface area contributed by atoms with Crippen molar-refractivity contribution in [3.63, 3.8) is 0 Å². The number of benzene rings is 1. The number of ether oxygens (including phenoxy) is 1. The predicted molar refractivity (Wildman–Crippen MR) is 74.4 cm³/mol. The highest BCUT2D eigenvalue weighted by Crippen LogP contribution is 2.23. The van der Waals surface area contributed by atoms with E-state index in [-0.39, 0.29) is 11.0 Å². The molecule has 1 fully saturated rings. The van der Waals surface area contributed by atoms with Gasteiger partial charge in [-0.2, -0.15) is 4.98 Å². The first-order valence-electron chi connectivity index (χ1n) is 6.50. The molecule has 1 unspecified atom stereocenters. The fraction of sp³-hybridized carbons (Fsp3) is 0.385. The maximum Gasteiger partial charge on any atom is 0.258 e. The van der Waals surface area contributed by atoms with Crippen molar-refractivity contribution in [3.8, 4) is 11.5 Å². The van der Waals surface area contributed by atoms with E-state index in [4.69, 9.17) is 9.26 Å². The molecular weight excluding hydrogens is 294 g/mol. The van der Waals surface area contributed by atoms with Crippen LogP contribution >= 0.6 is 0 Å². The van der Waals surface area contributed by atoms with Gasteiger partial charge in [-0.3, -0.25) is 0 Å². The average molecular weight is 309 g/mol. The number of sulfone groups is 1. The Kier molecular flexibility index (Phi) is 3.75. The number of nitrogens with zero attached hydrogens (tertiary/aromatic N) is 2. The van der Waals surface area contributed by atoms with E-state index in [0.29, 0.717) is 30.4 Å². The summed E-state index contributed by atoms with van der Waals surface area (Å²) < 4.78 is 33.6. The van der Waals surface area contributed by atoms with Crippen molar-refractivity contribution in [3.05, 3.63) is 30.1 Å². The highest BCUT2D eigenvalue weighted by molar-refractivity contribution is 7.90. The number of morpholine rings is 1. The number of rotatable bonds is 3. The van der Waals surface area contributed by atoms with Crippen LogP contribution in [0.25, 0.3) is 11.5 Å². The highest BCUT2D eigenvalue weighted by Gasteiger charge is 2.22. The van der Waals surface area contributed by atoms with E-state index in [1.807, 2.05) is 0 Å². The first kappa shape index (κ1) is 14.2. The molecule has 1 aliphatic rings. The molecule has 1 aromatic carbocycles. The van der Waals surface area contributed by atoms with Crippen LogP contribution in [0.5, 0.6) is 0 Å². The number of hydrogen-bond donors (Lipinski definition) is 1. The van der Waals surface area contributed by atoms with Crippen molar-refractivity contribution >= 4 is 9.84 Å². The Morgan fingerprint density at radius 2 is 2.05 bits per heavy atom. The summed E-state index contributed by atoms with van der Waals surface area (Å²) in [6, 6.07) is 6.34. The van der Waals surface area contributed by atoms with Crippen LogP contribution in [0.15, 0.2) is 33.7 Å². The molecule has 1 N–H and O–H groups in total. The molecule has 0 saturated carbocycles. The van der Waals surface area contributed by atoms with E-state index >= 15 is 0 Å². The van der Waals surface area contributed by atoms with Gasteiger partial charge in [-0.05, 0) is 24.3 Å². The summed E-state index contributed by atoms with van der Waals surface area (Å²) in [5.74, 6) is 0.837. The molecule has 1 saturated heterocycles. The zero-order chi connectivity index (χ0) is 14.9. The Morgan fingerprint density at radius 3 is 2.67 bits per heavy atom. The highest BCUT2D eigenvalue weighted by atomic mass is 32.2. The molecule has 7 nitrogen and oxygen atoms in total. The Hall–Kier alpha value is -1.77. The Balaban J connectivity index is 1.82. The van der Waals surface area contributed by atoms with Crippen molar-refractivity contribution in [2.24, 2.45) is 0 Å². The smallest absolute Gasteiger partial charge is 0.258 e. The lowest BCUT2D eigenvalue weighted by Crippen LogP contribution is -2.33. The lowest BCUT2D eigenvalue weighted by molar-refractivity contribution is 0.0208. The standard InChI is InChI=1S/C13H15N3O4S/c1-21(17,18)10-4-2-9(3-5-10)13-15-12(16-20-13)11-8-14-6-7-19-11/h2-5,11,14H,6-8H2,1H3. The lowest BCUT2D eigenvalue weighted by atomic mass is 10.2. The quantitative estimate of drug-likeness (QED) is 0.896. The minimum Gasteiger partial charge on any atom is -0.367 e. The van der Waals surface area contributed by atoms with Gasteiger partial charge in [-0.15, -0.1) is 0 Å². The van der Waals surface area contributed by atoms with Crippen molar-refractivity contribution < 1.29 is 17.7 Å². The second-order valence-electron chi connectivity index (χ2n) is 4.82. The van der Waals surface area contributed by atoms with Gasteiger partial charge in [-0.1, -0.05) is 5.16 Å². The first-order chi connectivity index (χ1) is 10.0. The van der Waals surface area contributed by atoms with Crippen LogP contribution in [0.3, 0.4) is 0 Å². The topological polar surface area (TPSA) is 94.3 Å². The van der Waals surface area contributed by atoms with Crippen molar-refractivity contribution in [1.82, 2.24) is 15.5 Å². The molecule has 2 aromatic rings. The van der Waals surface area contributed by atoms with E-state index < -0.39 is 9.84 Å². The Labute approximate surface area is 122 Å². The third kappa shape index (κ3) is 3.12. The van der Waals surface area contributed by atoms with E-state index in [0.717, 1.165) is 6.54 Å². The monoisotopic (exact) mass is 309 g/mol. The van der Waals surface area contributed by atoms with Gasteiger partial charge < -0.3 is 14.6 Å². The third-order valence-corrected chi connectivity index (χ3v) is 4.32. The van der Waals surface area contributed by atoms with Gasteiger partial charge in [0.15, 0.2) is 9.84 Å². The second kappa shape index (κ2) is 5.55. The normalized spacial score (nSPS) is 19.6. The van der Waals surface area contributed by atoms with Gasteiger partial charge in [0.25, 0.3) is 5.89 Å². The zero-order valence-corrected chi connectivity index (χ0v) is 12.3. The van der Waals surface area contributed by atoms with E-state index in [9.17, 15) is 8.42 Å². The predicted octanol–water partition coefficient (Wildman–Crippen LogP) is 0.801. The number of hydrogen-bond acceptors (Lipinski definition) is 7. The van der Waals surface area contributed by atoms with Gasteiger partial charge in [-0.25, -0.2) is 8.42 Å². The van der Waals surface area contributed by atoms with Gasteiger partial charge in [0.1, 0.15) is 6.10 Å². The summed E-state index contributed by atoms with van der Waals surface area (Å²) in [6.45, 7) is 2.07. The summed E-state index contributed by atoms with van der Waals surface area (Å²) in [7, 11) is -3.21. The molecule has 3 rings (SSSR count). The maximum atomic E-state index is 11.4. The Bertz CT molecular complexity index is 718. The summed E-state index contributed by atoms with van der Waals surface area (Å²) in [6.07, 6.45) is 0.951. The number of nitrogens with one attached hydrogen (secondary N) is 1. The molecule has 0 bridgehead atoms. The largest absolute Gasteiger partial charge is 0.367 e. The molecule has 112 valence electrons. The fourth-order valence-electron chi connectivity index (χ4n) is 2.06. The summed E-state index contributed by atoms with van der Waals surface area (Å²) in [4.78, 5) is 4.56. The SMILES string of the molecule is CS(=O)(=O)c1ccc(-c2nc(C3CNCCO3)no2)cc1. The second-order valence-corrected chi connectivity index (χ2v) is 6.83. The maximum absolute atomic E-state index is 11.4. The van der Waals surface area contributed by atoms with Gasteiger partial charge in [0.05, 0.1) is 11.5 Å². The lowest BCUT2D eigenvalue weighted by Gasteiger charge is -2.20. The minimum absolute atomic E-state index is 0.216. The van der Waals surface area contributed by atoms with Crippen molar-refractivity contribution in [1.29, 1.82) is 0 Å². The molecule has 0 aliphatic carbocycles. The van der Waals surface area contributed by atoms with E-state index in [1.165, 1.54) is 18.4 Å². The first-order valence-corrected chi connectivity index (χ1v) is 8.39. The third-order valence-electron chi connectivity index (χ3n) is 3.19. The molecule has 1 atom stereocenters. The van der Waals surface area contributed by atoms with Crippen LogP contribution < -0.4 is 5.32 Å². The average Bonchev–Trinajstić information content (AvgIpc) is 2.97. The van der Waals surface area contributed by atoms with Gasteiger partial charge in [0, 0.05) is 24.9 Å². The van der Waals surface area contributed by atoms with Crippen LogP contribution in [0, 0.1) is 0 Å². The molecular formula is C13H15N3O4S. The zero-order valence-electron chi connectivity index (χ0n) is 11.4. The molecule has 2 heterocycles. The summed E-state index contributed by atoms with van der Waals surface area (Å²) in [5.41, 5.74) is 0.671. The molecule has 0 radical (unpaired) electrons. The van der Waals surface area contributed by atoms with Gasteiger partial charge in [0.2, 0.25) is 5.82 Å². The van der Waals surface area contributed by atoms with Crippen molar-refractivity contribution in [2.75, 3.05) is 26.0 Å². The molecule has 0 spiro atoms. The fourth-order valence-corrected chi connectivity index (χ4v) is 2.69. The molecule has 21 heavy (non-hydrogen) atoms. The van der Waals surface area contributed by atoms with Gasteiger partial charge >= 0.3 is 0 Å². The van der Waals surface area contributed by atoms with Crippen LogP contribution in [-0.4, -0.2) is 44.5 Å². The van der Waals surface area contributed by atoms with Crippen molar-refractivity contribution in [2.45, 2.75) is 11.0 Å². The van der Waals surface area contributed by atoms with Crippen LogP contribution in [0.4, 0.5) is 0 Å². The molecule has 1 aromatic heterocycles. The Morgan fingerprint density at radius 1 is 1.29 bits per heavy atom. The molecule has 0 amide bonds. The summed E-state index contributed by atoms with van der Waals surface area (Å²) in [5, 5.41) is 7.11. The van der Waals surface area contributed by atoms with Crippen LogP contribution in [0.1, 0.15) is 11.9 Å². The number of aromatic nitrogens is 2. The molecule has 1 aliphatic heterocycles. The minimum atomic E-state index is -3.21.